The summed E-state index contributed by atoms with van der Waals surface area (Å²) in [6, 6.07) is 0. The van der Waals surface area contributed by atoms with Crippen LogP contribution in [0.4, 0.5) is 0 Å². The lowest BCUT2D eigenvalue weighted by Crippen LogP contribution is -2.20. The second-order valence-corrected chi connectivity index (χ2v) is 2.66. The molecule has 1 rings (SSSR count). The summed E-state index contributed by atoms with van der Waals surface area (Å²) in [4.78, 5) is 4.31. The zero-order valence-corrected chi connectivity index (χ0v) is 6.62. The molecule has 10 heavy (non-hydrogen) atoms. The average Bonchev–Trinajstić information content (AvgIpc) is 1.84. The molecular formula is C8H14N2. The summed E-state index contributed by atoms with van der Waals surface area (Å²) in [6.07, 6.45) is 8.46. The Morgan fingerprint density at radius 1 is 1.00 bits per heavy atom. The van der Waals surface area contributed by atoms with Crippen molar-refractivity contribution < 1.29 is 0 Å². The zero-order chi connectivity index (χ0) is 7.40. The van der Waals surface area contributed by atoms with Crippen LogP contribution in [-0.2, 0) is 0 Å². The van der Waals surface area contributed by atoms with E-state index in [1.807, 2.05) is 7.05 Å². The van der Waals surface area contributed by atoms with Gasteiger partial charge in [0.15, 0.2) is 0 Å². The molecule has 0 N–H and O–H groups in total. The van der Waals surface area contributed by atoms with Gasteiger partial charge in [0.2, 0.25) is 0 Å². The van der Waals surface area contributed by atoms with E-state index in [0.717, 1.165) is 13.1 Å². The Kier molecular flexibility index (Phi) is 2.51. The van der Waals surface area contributed by atoms with E-state index in [0.29, 0.717) is 0 Å². The van der Waals surface area contributed by atoms with Gasteiger partial charge in [0.25, 0.3) is 0 Å². The highest BCUT2D eigenvalue weighted by molar-refractivity contribution is 4.95. The molecule has 0 unspecified atom stereocenters. The maximum absolute atomic E-state index is 2.25. The Labute approximate surface area is 62.4 Å². The molecule has 0 spiro atoms. The van der Waals surface area contributed by atoms with Crippen LogP contribution in [0.25, 0.3) is 0 Å². The lowest BCUT2D eigenvalue weighted by atomic mass is 10.4. The van der Waals surface area contributed by atoms with Gasteiger partial charge in [0.05, 0.1) is 0 Å². The summed E-state index contributed by atoms with van der Waals surface area (Å²) >= 11 is 0. The highest BCUT2D eigenvalue weighted by Gasteiger charge is 1.93. The van der Waals surface area contributed by atoms with Crippen molar-refractivity contribution in [2.45, 2.75) is 0 Å². The Morgan fingerprint density at radius 3 is 2.00 bits per heavy atom. The first-order valence-corrected chi connectivity index (χ1v) is 3.53. The largest absolute Gasteiger partial charge is 0.358 e. The molecule has 0 saturated carbocycles. The van der Waals surface area contributed by atoms with E-state index in [4.69, 9.17) is 0 Å². The van der Waals surface area contributed by atoms with Gasteiger partial charge in [0.1, 0.15) is 0 Å². The van der Waals surface area contributed by atoms with Gasteiger partial charge in [-0.05, 0) is 7.05 Å². The van der Waals surface area contributed by atoms with E-state index in [9.17, 15) is 0 Å². The van der Waals surface area contributed by atoms with Gasteiger partial charge >= 0.3 is 0 Å². The molecule has 0 radical (unpaired) electrons. The van der Waals surface area contributed by atoms with Crippen molar-refractivity contribution in [1.82, 2.24) is 9.80 Å². The zero-order valence-electron chi connectivity index (χ0n) is 6.62. The third-order valence-corrected chi connectivity index (χ3v) is 1.52. The summed E-state index contributed by atoms with van der Waals surface area (Å²) in [7, 11) is 4.15. The van der Waals surface area contributed by atoms with E-state index >= 15 is 0 Å². The maximum Gasteiger partial charge on any atom is 0.0180 e. The van der Waals surface area contributed by atoms with Crippen molar-refractivity contribution in [3.05, 3.63) is 24.6 Å². The van der Waals surface area contributed by atoms with Crippen molar-refractivity contribution in [3.8, 4) is 0 Å². The third-order valence-electron chi connectivity index (χ3n) is 1.52. The molecule has 0 atom stereocenters. The van der Waals surface area contributed by atoms with Crippen LogP contribution in [0.15, 0.2) is 24.6 Å². The SMILES string of the molecule is CN1C=CCN(C)CC=C1. The molecule has 56 valence electrons. The number of likely N-dealkylation sites (N-methyl/N-ethyl adjacent to an activating group) is 1. The molecule has 0 saturated heterocycles. The van der Waals surface area contributed by atoms with Crippen LogP contribution in [0, 0.1) is 0 Å². The van der Waals surface area contributed by atoms with Crippen molar-refractivity contribution in [2.24, 2.45) is 0 Å². The van der Waals surface area contributed by atoms with E-state index in [-0.39, 0.29) is 0 Å². The minimum atomic E-state index is 1.04. The van der Waals surface area contributed by atoms with E-state index in [1.165, 1.54) is 0 Å². The van der Waals surface area contributed by atoms with Crippen molar-refractivity contribution >= 4 is 0 Å². The molecule has 0 aromatic carbocycles. The maximum atomic E-state index is 2.25. The molecule has 0 aromatic rings. The minimum Gasteiger partial charge on any atom is -0.358 e. The second kappa shape index (κ2) is 3.42. The van der Waals surface area contributed by atoms with Crippen molar-refractivity contribution in [2.75, 3.05) is 27.2 Å². The standard InChI is InChI=1S/C8H14N2/c1-9-5-3-7-10(2)8-4-6-9/h3-6H,7-8H2,1-2H3. The number of hydrogen-bond acceptors (Lipinski definition) is 2. The van der Waals surface area contributed by atoms with Gasteiger partial charge in [-0.1, -0.05) is 12.2 Å². The average molecular weight is 138 g/mol. The Hall–Kier alpha value is -0.760. The predicted octanol–water partition coefficient (Wildman–Crippen LogP) is 0.891. The van der Waals surface area contributed by atoms with Crippen LogP contribution >= 0.6 is 0 Å². The van der Waals surface area contributed by atoms with Crippen LogP contribution in [0.1, 0.15) is 0 Å². The summed E-state index contributed by atoms with van der Waals surface area (Å²) in [6.45, 7) is 2.07. The van der Waals surface area contributed by atoms with Gasteiger partial charge < -0.3 is 4.90 Å². The molecule has 2 heteroatoms. The fraction of sp³-hybridized carbons (Fsp3) is 0.500. The second-order valence-electron chi connectivity index (χ2n) is 2.66. The summed E-state index contributed by atoms with van der Waals surface area (Å²) < 4.78 is 0. The van der Waals surface area contributed by atoms with Gasteiger partial charge in [-0.3, -0.25) is 4.90 Å². The van der Waals surface area contributed by atoms with Gasteiger partial charge in [0, 0.05) is 32.5 Å². The predicted molar refractivity (Wildman–Crippen MR) is 43.5 cm³/mol. The summed E-state index contributed by atoms with van der Waals surface area (Å²) in [5.74, 6) is 0. The summed E-state index contributed by atoms with van der Waals surface area (Å²) in [5, 5.41) is 0. The molecular weight excluding hydrogens is 124 g/mol. The molecule has 1 heterocycles. The van der Waals surface area contributed by atoms with Gasteiger partial charge in [-0.2, -0.15) is 0 Å². The lowest BCUT2D eigenvalue weighted by molar-refractivity contribution is 0.403. The molecule has 0 aromatic heterocycles. The first-order chi connectivity index (χ1) is 4.79. The fourth-order valence-corrected chi connectivity index (χ4v) is 0.911. The van der Waals surface area contributed by atoms with Crippen LogP contribution in [0.2, 0.25) is 0 Å². The summed E-state index contributed by atoms with van der Waals surface area (Å²) in [5.41, 5.74) is 0. The lowest BCUT2D eigenvalue weighted by Gasteiger charge is -2.16. The first-order valence-electron chi connectivity index (χ1n) is 3.53. The topological polar surface area (TPSA) is 6.48 Å². The van der Waals surface area contributed by atoms with E-state index in [1.54, 1.807) is 0 Å². The molecule has 0 bridgehead atoms. The number of hydrogen-bond donors (Lipinski definition) is 0. The Morgan fingerprint density at radius 2 is 1.50 bits per heavy atom. The highest BCUT2D eigenvalue weighted by Crippen LogP contribution is 1.93. The van der Waals surface area contributed by atoms with Crippen LogP contribution in [0.3, 0.4) is 0 Å². The van der Waals surface area contributed by atoms with Crippen LogP contribution in [-0.4, -0.2) is 37.0 Å². The quantitative estimate of drug-likeness (QED) is 0.490. The van der Waals surface area contributed by atoms with Crippen molar-refractivity contribution in [3.63, 3.8) is 0 Å². The fourth-order valence-electron chi connectivity index (χ4n) is 0.911. The Balaban J connectivity index is 2.50. The van der Waals surface area contributed by atoms with E-state index < -0.39 is 0 Å². The monoisotopic (exact) mass is 138 g/mol. The van der Waals surface area contributed by atoms with Crippen LogP contribution < -0.4 is 0 Å². The molecule has 2 nitrogen and oxygen atoms in total. The number of nitrogens with zero attached hydrogens (tertiary/aromatic N) is 2. The molecule has 0 aliphatic carbocycles. The van der Waals surface area contributed by atoms with Crippen molar-refractivity contribution in [1.29, 1.82) is 0 Å². The third kappa shape index (κ3) is 2.23. The molecule has 1 aliphatic rings. The van der Waals surface area contributed by atoms with Crippen LogP contribution in [0.5, 0.6) is 0 Å². The van der Waals surface area contributed by atoms with Gasteiger partial charge in [-0.15, -0.1) is 0 Å². The minimum absolute atomic E-state index is 1.04. The normalized spacial score (nSPS) is 20.8. The highest BCUT2D eigenvalue weighted by atomic mass is 15.1. The number of rotatable bonds is 0. The molecule has 1 aliphatic heterocycles. The Bertz CT molecular complexity index is 133. The smallest absolute Gasteiger partial charge is 0.0180 e. The first kappa shape index (κ1) is 7.35. The molecule has 0 amide bonds. The van der Waals surface area contributed by atoms with E-state index in [2.05, 4.69) is 41.4 Å². The molecule has 0 fully saturated rings. The van der Waals surface area contributed by atoms with Gasteiger partial charge in [-0.25, -0.2) is 0 Å².